The van der Waals surface area contributed by atoms with Gasteiger partial charge in [0.25, 0.3) is 5.91 Å². The Balaban J connectivity index is 1.56. The molecule has 0 N–H and O–H groups in total. The van der Waals surface area contributed by atoms with E-state index >= 15 is 0 Å². The summed E-state index contributed by atoms with van der Waals surface area (Å²) in [6.07, 6.45) is 2.96. The third kappa shape index (κ3) is 3.96. The lowest BCUT2D eigenvalue weighted by Gasteiger charge is -2.34. The van der Waals surface area contributed by atoms with E-state index in [1.54, 1.807) is 33.5 Å². The Hall–Kier alpha value is -2.18. The maximum atomic E-state index is 13.1. The highest BCUT2D eigenvalue weighted by Crippen LogP contribution is 2.29. The van der Waals surface area contributed by atoms with Crippen LogP contribution in [0.15, 0.2) is 53.4 Å². The van der Waals surface area contributed by atoms with Gasteiger partial charge >= 0.3 is 0 Å². The number of carbonyl (C=O) groups is 1. The van der Waals surface area contributed by atoms with Crippen molar-refractivity contribution in [2.24, 2.45) is 11.8 Å². The zero-order valence-corrected chi connectivity index (χ0v) is 17.9. The second-order valence-electron chi connectivity index (χ2n) is 8.48. The van der Waals surface area contributed by atoms with Gasteiger partial charge in [-0.05, 0) is 67.0 Å². The molecule has 0 saturated carbocycles. The molecule has 0 aliphatic carbocycles. The first kappa shape index (κ1) is 20.1. The van der Waals surface area contributed by atoms with E-state index in [4.69, 9.17) is 0 Å². The fraction of sp³-hybridized carbons (Fsp3) is 0.435. The Labute approximate surface area is 173 Å². The van der Waals surface area contributed by atoms with Crippen molar-refractivity contribution in [3.05, 3.63) is 59.7 Å². The molecule has 0 spiro atoms. The van der Waals surface area contributed by atoms with Crippen molar-refractivity contribution in [2.75, 3.05) is 24.5 Å². The number of anilines is 1. The van der Waals surface area contributed by atoms with Gasteiger partial charge in [-0.15, -0.1) is 0 Å². The first-order valence-electron chi connectivity index (χ1n) is 10.4. The fourth-order valence-corrected chi connectivity index (χ4v) is 6.30. The maximum Gasteiger partial charge on any atom is 0.258 e. The van der Waals surface area contributed by atoms with Crippen LogP contribution >= 0.6 is 0 Å². The topological polar surface area (TPSA) is 57.7 Å². The van der Waals surface area contributed by atoms with Gasteiger partial charge < -0.3 is 4.90 Å². The molecule has 0 radical (unpaired) electrons. The summed E-state index contributed by atoms with van der Waals surface area (Å²) in [5.41, 5.74) is 2.65. The molecule has 5 nitrogen and oxygen atoms in total. The summed E-state index contributed by atoms with van der Waals surface area (Å²) in [6.45, 7) is 5.97. The lowest BCUT2D eigenvalue weighted by molar-refractivity contribution is 0.0985. The van der Waals surface area contributed by atoms with Crippen LogP contribution in [-0.2, 0) is 16.4 Å². The average Bonchev–Trinajstić information content (AvgIpc) is 2.72. The summed E-state index contributed by atoms with van der Waals surface area (Å²) < 4.78 is 27.7. The van der Waals surface area contributed by atoms with E-state index in [9.17, 15) is 13.2 Å². The van der Waals surface area contributed by atoms with E-state index in [0.29, 0.717) is 37.0 Å². The third-order valence-electron chi connectivity index (χ3n) is 5.93. The number of piperidine rings is 1. The number of hydrogen-bond acceptors (Lipinski definition) is 3. The van der Waals surface area contributed by atoms with Gasteiger partial charge in [0.15, 0.2) is 0 Å². The highest BCUT2D eigenvalue weighted by Gasteiger charge is 2.32. The van der Waals surface area contributed by atoms with E-state index in [0.717, 1.165) is 24.9 Å². The van der Waals surface area contributed by atoms with E-state index in [-0.39, 0.29) is 10.8 Å². The molecule has 2 aromatic rings. The second kappa shape index (κ2) is 7.92. The van der Waals surface area contributed by atoms with Crippen molar-refractivity contribution in [2.45, 2.75) is 38.0 Å². The average molecular weight is 413 g/mol. The number of carbonyl (C=O) groups excluding carboxylic acids is 1. The number of benzene rings is 2. The summed E-state index contributed by atoms with van der Waals surface area (Å²) >= 11 is 0. The number of aryl methyl sites for hydroxylation is 1. The summed E-state index contributed by atoms with van der Waals surface area (Å²) in [4.78, 5) is 15.1. The summed E-state index contributed by atoms with van der Waals surface area (Å²) in [5.74, 6) is 0.628. The smallest absolute Gasteiger partial charge is 0.258 e. The normalized spacial score (nSPS) is 22.9. The maximum absolute atomic E-state index is 13.1. The Morgan fingerprint density at radius 2 is 1.62 bits per heavy atom. The van der Waals surface area contributed by atoms with Crippen molar-refractivity contribution in [3.63, 3.8) is 0 Å². The number of hydrogen-bond donors (Lipinski definition) is 0. The van der Waals surface area contributed by atoms with Crippen LogP contribution in [0, 0.1) is 11.8 Å². The van der Waals surface area contributed by atoms with E-state index in [2.05, 4.69) is 19.9 Å². The van der Waals surface area contributed by atoms with Crippen LogP contribution in [-0.4, -0.2) is 38.3 Å². The van der Waals surface area contributed by atoms with Crippen molar-refractivity contribution < 1.29 is 13.2 Å². The molecule has 4 rings (SSSR count). The summed E-state index contributed by atoms with van der Waals surface area (Å²) in [6, 6.07) is 14.4. The van der Waals surface area contributed by atoms with Gasteiger partial charge in [-0.2, -0.15) is 4.31 Å². The molecule has 0 bridgehead atoms. The van der Waals surface area contributed by atoms with Crippen LogP contribution < -0.4 is 4.90 Å². The predicted octanol–water partition coefficient (Wildman–Crippen LogP) is 3.95. The molecule has 2 aliphatic heterocycles. The van der Waals surface area contributed by atoms with Crippen LogP contribution in [0.25, 0.3) is 0 Å². The number of rotatable bonds is 3. The fourth-order valence-electron chi connectivity index (χ4n) is 4.62. The van der Waals surface area contributed by atoms with E-state index in [1.165, 1.54) is 5.56 Å². The van der Waals surface area contributed by atoms with Gasteiger partial charge in [0.1, 0.15) is 0 Å². The van der Waals surface area contributed by atoms with Crippen LogP contribution in [0.1, 0.15) is 42.6 Å². The standard InChI is InChI=1S/C23H28N2O3S/c1-17-14-18(2)16-24(15-17)29(27,28)21-11-9-20(10-12-21)23(26)25-13-5-7-19-6-3-4-8-22(19)25/h3-4,6,8-12,17-18H,5,7,13-16H2,1-2H3/t17-,18+. The Morgan fingerprint density at radius 3 is 2.31 bits per heavy atom. The summed E-state index contributed by atoms with van der Waals surface area (Å²) in [5, 5.41) is 0. The number of amides is 1. The van der Waals surface area contributed by atoms with Gasteiger partial charge in [0.05, 0.1) is 4.90 Å². The lowest BCUT2D eigenvalue weighted by Crippen LogP contribution is -2.42. The van der Waals surface area contributed by atoms with Gasteiger partial charge in [0, 0.05) is 30.9 Å². The molecular formula is C23H28N2O3S. The molecule has 1 saturated heterocycles. The van der Waals surface area contributed by atoms with Gasteiger partial charge in [-0.25, -0.2) is 8.42 Å². The second-order valence-corrected chi connectivity index (χ2v) is 10.4. The molecule has 2 aromatic carbocycles. The van der Waals surface area contributed by atoms with Crippen LogP contribution in [0.2, 0.25) is 0 Å². The van der Waals surface area contributed by atoms with Crippen LogP contribution in [0.5, 0.6) is 0 Å². The molecule has 29 heavy (non-hydrogen) atoms. The van der Waals surface area contributed by atoms with Gasteiger partial charge in [-0.1, -0.05) is 32.0 Å². The summed E-state index contributed by atoms with van der Waals surface area (Å²) in [7, 11) is -3.54. The highest BCUT2D eigenvalue weighted by molar-refractivity contribution is 7.89. The van der Waals surface area contributed by atoms with Crippen molar-refractivity contribution in [3.8, 4) is 0 Å². The van der Waals surface area contributed by atoms with Crippen molar-refractivity contribution in [1.82, 2.24) is 4.31 Å². The predicted molar refractivity (Wildman–Crippen MR) is 115 cm³/mol. The lowest BCUT2D eigenvalue weighted by atomic mass is 9.94. The SMILES string of the molecule is C[C@@H]1C[C@H](C)CN(S(=O)(=O)c2ccc(C(=O)N3CCCc4ccccc43)cc2)C1. The van der Waals surface area contributed by atoms with E-state index in [1.807, 2.05) is 18.2 Å². The molecule has 2 aliphatic rings. The van der Waals surface area contributed by atoms with Crippen LogP contribution in [0.4, 0.5) is 5.69 Å². The number of nitrogens with zero attached hydrogens (tertiary/aromatic N) is 2. The molecule has 1 fully saturated rings. The van der Waals surface area contributed by atoms with Crippen LogP contribution in [0.3, 0.4) is 0 Å². The molecule has 2 atom stereocenters. The Bertz CT molecular complexity index is 991. The minimum Gasteiger partial charge on any atom is -0.308 e. The number of sulfonamides is 1. The monoisotopic (exact) mass is 412 g/mol. The molecule has 0 aromatic heterocycles. The first-order chi connectivity index (χ1) is 13.9. The zero-order chi connectivity index (χ0) is 20.6. The molecule has 1 amide bonds. The Kier molecular flexibility index (Phi) is 5.49. The minimum absolute atomic E-state index is 0.0821. The largest absolute Gasteiger partial charge is 0.308 e. The quantitative estimate of drug-likeness (QED) is 0.767. The third-order valence-corrected chi connectivity index (χ3v) is 7.78. The van der Waals surface area contributed by atoms with Gasteiger partial charge in [0.2, 0.25) is 10.0 Å². The molecule has 6 heteroatoms. The molecule has 0 unspecified atom stereocenters. The number of para-hydroxylation sites is 1. The van der Waals surface area contributed by atoms with Crippen molar-refractivity contribution in [1.29, 1.82) is 0 Å². The highest BCUT2D eigenvalue weighted by atomic mass is 32.2. The van der Waals surface area contributed by atoms with Crippen molar-refractivity contribution >= 4 is 21.6 Å². The van der Waals surface area contributed by atoms with Gasteiger partial charge in [-0.3, -0.25) is 4.79 Å². The molecule has 2 heterocycles. The first-order valence-corrected chi connectivity index (χ1v) is 11.8. The molecule has 154 valence electrons. The zero-order valence-electron chi connectivity index (χ0n) is 17.0. The van der Waals surface area contributed by atoms with E-state index < -0.39 is 10.0 Å². The number of fused-ring (bicyclic) bond motifs is 1. The minimum atomic E-state index is -3.54. The molecular weight excluding hydrogens is 384 g/mol. The Morgan fingerprint density at radius 1 is 0.966 bits per heavy atom.